The molecule has 0 atom stereocenters. The van der Waals surface area contributed by atoms with Crippen LogP contribution < -0.4 is 0 Å². The lowest BCUT2D eigenvalue weighted by Crippen LogP contribution is -2.32. The monoisotopic (exact) mass is 221 g/mol. The number of rotatable bonds is 7. The van der Waals surface area contributed by atoms with Crippen LogP contribution in [0.2, 0.25) is 0 Å². The highest BCUT2D eigenvalue weighted by molar-refractivity contribution is 5.02. The van der Waals surface area contributed by atoms with Gasteiger partial charge in [-0.25, -0.2) is 0 Å². The van der Waals surface area contributed by atoms with Crippen molar-refractivity contribution >= 4 is 0 Å². The standard InChI is InChI=1S/C13H23N3/c1-4-16(5-2)11-10-15(3)12-13-8-6-7-9-14-13/h6-9H,4-5,10-12H2,1-3H3. The molecule has 0 aliphatic carbocycles. The van der Waals surface area contributed by atoms with Crippen molar-refractivity contribution in [1.29, 1.82) is 0 Å². The number of pyridine rings is 1. The highest BCUT2D eigenvalue weighted by Gasteiger charge is 2.03. The fraction of sp³-hybridized carbons (Fsp3) is 0.615. The van der Waals surface area contributed by atoms with Gasteiger partial charge in [-0.05, 0) is 32.3 Å². The predicted octanol–water partition coefficient (Wildman–Crippen LogP) is 1.86. The van der Waals surface area contributed by atoms with Gasteiger partial charge in [-0.15, -0.1) is 0 Å². The third kappa shape index (κ3) is 4.73. The van der Waals surface area contributed by atoms with Crippen LogP contribution in [0.4, 0.5) is 0 Å². The van der Waals surface area contributed by atoms with Crippen LogP contribution in [-0.2, 0) is 6.54 Å². The first-order chi connectivity index (χ1) is 7.76. The Labute approximate surface area is 99.1 Å². The summed E-state index contributed by atoms with van der Waals surface area (Å²) >= 11 is 0. The first-order valence-electron chi connectivity index (χ1n) is 6.07. The normalized spacial score (nSPS) is 11.3. The Morgan fingerprint density at radius 2 is 1.88 bits per heavy atom. The smallest absolute Gasteiger partial charge is 0.0543 e. The van der Waals surface area contributed by atoms with Gasteiger partial charge in [0.2, 0.25) is 0 Å². The Morgan fingerprint density at radius 1 is 1.12 bits per heavy atom. The summed E-state index contributed by atoms with van der Waals surface area (Å²) in [6.45, 7) is 9.85. The first kappa shape index (κ1) is 13.1. The lowest BCUT2D eigenvalue weighted by molar-refractivity contribution is 0.235. The van der Waals surface area contributed by atoms with Crippen LogP contribution in [0.3, 0.4) is 0 Å². The molecule has 16 heavy (non-hydrogen) atoms. The molecule has 0 saturated carbocycles. The fourth-order valence-electron chi connectivity index (χ4n) is 1.70. The zero-order valence-corrected chi connectivity index (χ0v) is 10.7. The quantitative estimate of drug-likeness (QED) is 0.700. The Bertz CT molecular complexity index is 270. The van der Waals surface area contributed by atoms with E-state index < -0.39 is 0 Å². The summed E-state index contributed by atoms with van der Waals surface area (Å²) in [6, 6.07) is 6.08. The molecule has 0 saturated heterocycles. The molecule has 0 aliphatic heterocycles. The average molecular weight is 221 g/mol. The average Bonchev–Trinajstić information content (AvgIpc) is 2.31. The van der Waals surface area contributed by atoms with E-state index in [1.807, 2.05) is 18.3 Å². The van der Waals surface area contributed by atoms with Crippen molar-refractivity contribution in [3.05, 3.63) is 30.1 Å². The van der Waals surface area contributed by atoms with Gasteiger partial charge in [0.1, 0.15) is 0 Å². The van der Waals surface area contributed by atoms with Crippen LogP contribution in [-0.4, -0.2) is 48.0 Å². The minimum atomic E-state index is 0.933. The van der Waals surface area contributed by atoms with Gasteiger partial charge in [0.15, 0.2) is 0 Å². The van der Waals surface area contributed by atoms with E-state index in [9.17, 15) is 0 Å². The molecule has 0 bridgehead atoms. The molecule has 0 unspecified atom stereocenters. The van der Waals surface area contributed by atoms with Crippen molar-refractivity contribution < 1.29 is 0 Å². The molecule has 0 fully saturated rings. The molecule has 0 spiro atoms. The van der Waals surface area contributed by atoms with Gasteiger partial charge >= 0.3 is 0 Å². The van der Waals surface area contributed by atoms with Gasteiger partial charge < -0.3 is 4.90 Å². The summed E-state index contributed by atoms with van der Waals surface area (Å²) in [4.78, 5) is 9.09. The van der Waals surface area contributed by atoms with Crippen molar-refractivity contribution in [3.8, 4) is 0 Å². The van der Waals surface area contributed by atoms with Crippen LogP contribution in [0.15, 0.2) is 24.4 Å². The molecule has 0 amide bonds. The summed E-state index contributed by atoms with van der Waals surface area (Å²) in [6.07, 6.45) is 1.85. The van der Waals surface area contributed by atoms with Crippen LogP contribution in [0.5, 0.6) is 0 Å². The number of nitrogens with zero attached hydrogens (tertiary/aromatic N) is 3. The largest absolute Gasteiger partial charge is 0.303 e. The maximum atomic E-state index is 4.33. The van der Waals surface area contributed by atoms with Crippen LogP contribution >= 0.6 is 0 Å². The lowest BCUT2D eigenvalue weighted by atomic mass is 10.3. The molecule has 90 valence electrons. The van der Waals surface area contributed by atoms with Crippen LogP contribution in [0, 0.1) is 0 Å². The SMILES string of the molecule is CCN(CC)CCN(C)Cc1ccccn1. The third-order valence-corrected chi connectivity index (χ3v) is 2.85. The Morgan fingerprint density at radius 3 is 2.44 bits per heavy atom. The minimum Gasteiger partial charge on any atom is -0.303 e. The van der Waals surface area contributed by atoms with Crippen LogP contribution in [0.1, 0.15) is 19.5 Å². The van der Waals surface area contributed by atoms with E-state index in [0.29, 0.717) is 0 Å². The molecule has 1 aromatic heterocycles. The summed E-state index contributed by atoms with van der Waals surface area (Å²) < 4.78 is 0. The van der Waals surface area contributed by atoms with Crippen molar-refractivity contribution in [2.75, 3.05) is 33.2 Å². The van der Waals surface area contributed by atoms with Crippen LogP contribution in [0.25, 0.3) is 0 Å². The van der Waals surface area contributed by atoms with E-state index >= 15 is 0 Å². The summed E-state index contributed by atoms with van der Waals surface area (Å²) in [5.41, 5.74) is 1.14. The molecule has 0 radical (unpaired) electrons. The molecular weight excluding hydrogens is 198 g/mol. The van der Waals surface area contributed by atoms with E-state index in [2.05, 4.69) is 41.7 Å². The van der Waals surface area contributed by atoms with Crippen molar-refractivity contribution in [2.24, 2.45) is 0 Å². The zero-order valence-electron chi connectivity index (χ0n) is 10.7. The number of aromatic nitrogens is 1. The Kier molecular flexibility index (Phi) is 6.04. The van der Waals surface area contributed by atoms with Gasteiger partial charge in [-0.2, -0.15) is 0 Å². The van der Waals surface area contributed by atoms with E-state index in [4.69, 9.17) is 0 Å². The zero-order chi connectivity index (χ0) is 11.8. The highest BCUT2D eigenvalue weighted by atomic mass is 15.2. The number of hydrogen-bond acceptors (Lipinski definition) is 3. The number of likely N-dealkylation sites (N-methyl/N-ethyl adjacent to an activating group) is 2. The lowest BCUT2D eigenvalue weighted by Gasteiger charge is -2.22. The Hall–Kier alpha value is -0.930. The maximum absolute atomic E-state index is 4.33. The first-order valence-corrected chi connectivity index (χ1v) is 6.07. The van der Waals surface area contributed by atoms with E-state index in [1.54, 1.807) is 0 Å². The van der Waals surface area contributed by atoms with Gasteiger partial charge in [-0.3, -0.25) is 9.88 Å². The van der Waals surface area contributed by atoms with Gasteiger partial charge in [0.25, 0.3) is 0 Å². The molecule has 1 aromatic rings. The van der Waals surface area contributed by atoms with Crippen molar-refractivity contribution in [2.45, 2.75) is 20.4 Å². The molecule has 3 nitrogen and oxygen atoms in total. The maximum Gasteiger partial charge on any atom is 0.0543 e. The van der Waals surface area contributed by atoms with Crippen molar-refractivity contribution in [1.82, 2.24) is 14.8 Å². The predicted molar refractivity (Wildman–Crippen MR) is 68.4 cm³/mol. The second-order valence-corrected chi connectivity index (χ2v) is 4.09. The highest BCUT2D eigenvalue weighted by Crippen LogP contribution is 1.98. The fourth-order valence-corrected chi connectivity index (χ4v) is 1.70. The molecule has 1 heterocycles. The molecule has 3 heteroatoms. The topological polar surface area (TPSA) is 19.4 Å². The molecule has 0 aliphatic rings. The van der Waals surface area contributed by atoms with E-state index in [1.165, 1.54) is 0 Å². The third-order valence-electron chi connectivity index (χ3n) is 2.85. The minimum absolute atomic E-state index is 0.933. The van der Waals surface area contributed by atoms with Gasteiger partial charge in [-0.1, -0.05) is 19.9 Å². The molecule has 1 rings (SSSR count). The summed E-state index contributed by atoms with van der Waals surface area (Å²) in [7, 11) is 2.15. The summed E-state index contributed by atoms with van der Waals surface area (Å²) in [5.74, 6) is 0. The van der Waals surface area contributed by atoms with Gasteiger partial charge in [0, 0.05) is 25.8 Å². The van der Waals surface area contributed by atoms with E-state index in [0.717, 1.165) is 38.4 Å². The molecule has 0 N–H and O–H groups in total. The molecule has 0 aromatic carbocycles. The second kappa shape index (κ2) is 7.36. The van der Waals surface area contributed by atoms with Gasteiger partial charge in [0.05, 0.1) is 5.69 Å². The van der Waals surface area contributed by atoms with Crippen molar-refractivity contribution in [3.63, 3.8) is 0 Å². The second-order valence-electron chi connectivity index (χ2n) is 4.09. The summed E-state index contributed by atoms with van der Waals surface area (Å²) in [5, 5.41) is 0. The molecular formula is C13H23N3. The van der Waals surface area contributed by atoms with E-state index in [-0.39, 0.29) is 0 Å². The number of hydrogen-bond donors (Lipinski definition) is 0. The Balaban J connectivity index is 2.28.